The highest BCUT2D eigenvalue weighted by Gasteiger charge is 2.17. The Morgan fingerprint density at radius 3 is 2.67 bits per heavy atom. The predicted molar refractivity (Wildman–Crippen MR) is 50.0 cm³/mol. The van der Waals surface area contributed by atoms with Crippen LogP contribution in [-0.4, -0.2) is 17.2 Å². The Kier molecular flexibility index (Phi) is 2.70. The third-order valence-corrected chi connectivity index (χ3v) is 2.33. The lowest BCUT2D eigenvalue weighted by Crippen LogP contribution is -2.34. The Bertz CT molecular complexity index is 256. The summed E-state index contributed by atoms with van der Waals surface area (Å²) in [4.78, 5) is 12.1. The fourth-order valence-corrected chi connectivity index (χ4v) is 1.83. The summed E-state index contributed by atoms with van der Waals surface area (Å²) in [6.45, 7) is 3.71. The zero-order chi connectivity index (χ0) is 9.14. The van der Waals surface area contributed by atoms with Crippen molar-refractivity contribution in [1.82, 2.24) is 0 Å². The average Bonchev–Trinajstić information content (AvgIpc) is 2.37. The first-order chi connectivity index (χ1) is 5.63. The molecule has 0 saturated carbocycles. The third-order valence-electron chi connectivity index (χ3n) is 1.47. The van der Waals surface area contributed by atoms with Gasteiger partial charge in [-0.3, -0.25) is 4.90 Å². The molecule has 0 saturated heterocycles. The predicted octanol–water partition coefficient (Wildman–Crippen LogP) is 2.64. The van der Waals surface area contributed by atoms with Crippen molar-refractivity contribution in [3.05, 3.63) is 17.5 Å². The monoisotopic (exact) mass is 185 g/mol. The maximum absolute atomic E-state index is 10.8. The smallest absolute Gasteiger partial charge is 0.412 e. The molecule has 3 nitrogen and oxygen atoms in total. The Balaban J connectivity index is 2.88. The second kappa shape index (κ2) is 3.58. The fraction of sp³-hybridized carbons (Fsp3) is 0.375. The zero-order valence-electron chi connectivity index (χ0n) is 7.02. The van der Waals surface area contributed by atoms with Crippen molar-refractivity contribution in [2.75, 3.05) is 4.90 Å². The van der Waals surface area contributed by atoms with Crippen LogP contribution in [0.5, 0.6) is 0 Å². The van der Waals surface area contributed by atoms with E-state index in [9.17, 15) is 4.79 Å². The quantitative estimate of drug-likeness (QED) is 0.769. The van der Waals surface area contributed by atoms with Gasteiger partial charge in [-0.2, -0.15) is 0 Å². The molecule has 12 heavy (non-hydrogen) atoms. The Morgan fingerprint density at radius 2 is 2.33 bits per heavy atom. The summed E-state index contributed by atoms with van der Waals surface area (Å²) in [5, 5.41) is 11.5. The van der Waals surface area contributed by atoms with Crippen molar-refractivity contribution in [2.45, 2.75) is 19.9 Å². The molecule has 0 aliphatic heterocycles. The largest absolute Gasteiger partial charge is 0.465 e. The maximum Gasteiger partial charge on any atom is 0.412 e. The van der Waals surface area contributed by atoms with Crippen molar-refractivity contribution in [1.29, 1.82) is 0 Å². The maximum atomic E-state index is 10.8. The minimum Gasteiger partial charge on any atom is -0.465 e. The number of amides is 1. The van der Waals surface area contributed by atoms with Crippen LogP contribution in [0.1, 0.15) is 13.8 Å². The molecule has 0 spiro atoms. The second-order valence-corrected chi connectivity index (χ2v) is 3.62. The van der Waals surface area contributed by atoms with Crippen LogP contribution in [0.2, 0.25) is 0 Å². The van der Waals surface area contributed by atoms with E-state index in [4.69, 9.17) is 5.11 Å². The lowest BCUT2D eigenvalue weighted by Gasteiger charge is -2.20. The molecule has 1 amide bonds. The topological polar surface area (TPSA) is 40.5 Å². The third kappa shape index (κ3) is 1.76. The number of carboxylic acid groups (broad SMARTS) is 1. The van der Waals surface area contributed by atoms with Gasteiger partial charge in [0.1, 0.15) is 5.00 Å². The van der Waals surface area contributed by atoms with Gasteiger partial charge in [0.15, 0.2) is 0 Å². The molecule has 0 aromatic carbocycles. The lowest BCUT2D eigenvalue weighted by atomic mass is 10.3. The number of carbonyl (C=O) groups is 1. The van der Waals surface area contributed by atoms with Crippen LogP contribution in [0, 0.1) is 0 Å². The molecule has 0 radical (unpaired) electrons. The van der Waals surface area contributed by atoms with Crippen LogP contribution >= 0.6 is 11.3 Å². The minimum absolute atomic E-state index is 0.0128. The summed E-state index contributed by atoms with van der Waals surface area (Å²) >= 11 is 1.43. The van der Waals surface area contributed by atoms with Gasteiger partial charge < -0.3 is 5.11 Å². The molecule has 1 heterocycles. The van der Waals surface area contributed by atoms with Crippen LogP contribution in [0.15, 0.2) is 17.5 Å². The highest BCUT2D eigenvalue weighted by Crippen LogP contribution is 2.23. The van der Waals surface area contributed by atoms with Crippen molar-refractivity contribution in [3.8, 4) is 0 Å². The van der Waals surface area contributed by atoms with E-state index in [-0.39, 0.29) is 6.04 Å². The van der Waals surface area contributed by atoms with Gasteiger partial charge in [0.05, 0.1) is 0 Å². The zero-order valence-corrected chi connectivity index (χ0v) is 7.84. The minimum atomic E-state index is -0.896. The first-order valence-electron chi connectivity index (χ1n) is 3.68. The molecule has 0 bridgehead atoms. The highest BCUT2D eigenvalue weighted by atomic mass is 32.1. The number of nitrogens with zero attached hydrogens (tertiary/aromatic N) is 1. The van der Waals surface area contributed by atoms with Crippen molar-refractivity contribution in [2.24, 2.45) is 0 Å². The summed E-state index contributed by atoms with van der Waals surface area (Å²) in [5.74, 6) is 0. The van der Waals surface area contributed by atoms with Crippen LogP contribution < -0.4 is 4.90 Å². The summed E-state index contributed by atoms with van der Waals surface area (Å²) < 4.78 is 0. The van der Waals surface area contributed by atoms with Crippen LogP contribution in [0.3, 0.4) is 0 Å². The highest BCUT2D eigenvalue weighted by molar-refractivity contribution is 7.14. The molecule has 1 rings (SSSR count). The molecule has 0 fully saturated rings. The SMILES string of the molecule is CC(C)N(C(=O)O)c1cccs1. The number of hydrogen-bond donors (Lipinski definition) is 1. The van der Waals surface area contributed by atoms with Crippen molar-refractivity contribution < 1.29 is 9.90 Å². The molecule has 1 aromatic heterocycles. The van der Waals surface area contributed by atoms with Gasteiger partial charge in [-0.25, -0.2) is 4.79 Å². The van der Waals surface area contributed by atoms with Gasteiger partial charge >= 0.3 is 6.09 Å². The number of thiophene rings is 1. The Hall–Kier alpha value is -1.03. The summed E-state index contributed by atoms with van der Waals surface area (Å²) in [6.07, 6.45) is -0.896. The molecule has 1 N–H and O–H groups in total. The molecular weight excluding hydrogens is 174 g/mol. The normalized spacial score (nSPS) is 10.2. The Labute approximate surface area is 75.2 Å². The lowest BCUT2D eigenvalue weighted by molar-refractivity contribution is 0.200. The van der Waals surface area contributed by atoms with Gasteiger partial charge in [-0.1, -0.05) is 0 Å². The molecule has 0 unspecified atom stereocenters. The summed E-state index contributed by atoms with van der Waals surface area (Å²) in [5.41, 5.74) is 0. The first kappa shape index (κ1) is 9.06. The van der Waals surface area contributed by atoms with Crippen molar-refractivity contribution >= 4 is 22.4 Å². The molecule has 66 valence electrons. The summed E-state index contributed by atoms with van der Waals surface area (Å²) in [6, 6.07) is 3.64. The fourth-order valence-electron chi connectivity index (χ4n) is 0.977. The van der Waals surface area contributed by atoms with E-state index in [1.807, 2.05) is 25.3 Å². The van der Waals surface area contributed by atoms with Gasteiger partial charge in [-0.15, -0.1) is 11.3 Å². The van der Waals surface area contributed by atoms with E-state index >= 15 is 0 Å². The van der Waals surface area contributed by atoms with Crippen molar-refractivity contribution in [3.63, 3.8) is 0 Å². The van der Waals surface area contributed by atoms with Crippen LogP contribution in [0.25, 0.3) is 0 Å². The van der Waals surface area contributed by atoms with E-state index in [1.54, 1.807) is 6.07 Å². The van der Waals surface area contributed by atoms with Gasteiger partial charge in [-0.05, 0) is 31.4 Å². The molecule has 0 aliphatic rings. The second-order valence-electron chi connectivity index (χ2n) is 2.70. The summed E-state index contributed by atoms with van der Waals surface area (Å²) in [7, 11) is 0. The number of anilines is 1. The average molecular weight is 185 g/mol. The van der Waals surface area contributed by atoms with E-state index in [2.05, 4.69) is 0 Å². The van der Waals surface area contributed by atoms with E-state index in [1.165, 1.54) is 16.2 Å². The Morgan fingerprint density at radius 1 is 1.67 bits per heavy atom. The van der Waals surface area contributed by atoms with E-state index < -0.39 is 6.09 Å². The van der Waals surface area contributed by atoms with E-state index in [0.29, 0.717) is 0 Å². The molecule has 0 aliphatic carbocycles. The number of rotatable bonds is 2. The molecule has 0 atom stereocenters. The van der Waals surface area contributed by atoms with Gasteiger partial charge in [0.25, 0.3) is 0 Å². The van der Waals surface area contributed by atoms with Crippen LogP contribution in [-0.2, 0) is 0 Å². The molecule has 1 aromatic rings. The standard InChI is InChI=1S/C8H11NO2S/c1-6(2)9(8(10)11)7-4-3-5-12-7/h3-6H,1-2H3,(H,10,11). The number of hydrogen-bond acceptors (Lipinski definition) is 2. The van der Waals surface area contributed by atoms with Gasteiger partial charge in [0.2, 0.25) is 0 Å². The van der Waals surface area contributed by atoms with E-state index in [0.717, 1.165) is 5.00 Å². The van der Waals surface area contributed by atoms with Crippen LogP contribution in [0.4, 0.5) is 9.80 Å². The molecule has 4 heteroatoms. The first-order valence-corrected chi connectivity index (χ1v) is 4.56. The molecular formula is C8H11NO2S. The van der Waals surface area contributed by atoms with Gasteiger partial charge in [0, 0.05) is 6.04 Å².